The van der Waals surface area contributed by atoms with Gasteiger partial charge in [0.1, 0.15) is 0 Å². The fraction of sp³-hybridized carbons (Fsp3) is 0.500. The van der Waals surface area contributed by atoms with E-state index in [4.69, 9.17) is 5.73 Å². The summed E-state index contributed by atoms with van der Waals surface area (Å²) in [4.78, 5) is 0.212. The van der Waals surface area contributed by atoms with E-state index in [1.807, 2.05) is 6.92 Å². The molecule has 0 bridgehead atoms. The van der Waals surface area contributed by atoms with E-state index >= 15 is 0 Å². The highest BCUT2D eigenvalue weighted by Crippen LogP contribution is 2.40. The molecule has 0 amide bonds. The van der Waals surface area contributed by atoms with Crippen LogP contribution in [-0.4, -0.2) is 5.51 Å². The SMILES string of the molecule is CCCC[C@@H](N)c1ccccc1SC(F)(F)F.Cl. The summed E-state index contributed by atoms with van der Waals surface area (Å²) in [5.74, 6) is 0. The second-order valence-corrected chi connectivity index (χ2v) is 4.94. The number of thioether (sulfide) groups is 1. The van der Waals surface area contributed by atoms with E-state index < -0.39 is 5.51 Å². The molecular weight excluding hydrogens is 283 g/mol. The largest absolute Gasteiger partial charge is 0.446 e. The molecule has 0 spiro atoms. The van der Waals surface area contributed by atoms with Gasteiger partial charge in [0, 0.05) is 10.9 Å². The lowest BCUT2D eigenvalue weighted by atomic mass is 10.0. The van der Waals surface area contributed by atoms with Gasteiger partial charge in [-0.05, 0) is 29.8 Å². The molecule has 1 atom stereocenters. The predicted molar refractivity (Wildman–Crippen MR) is 72.1 cm³/mol. The maximum Gasteiger partial charge on any atom is 0.446 e. The van der Waals surface area contributed by atoms with Gasteiger partial charge in [-0.3, -0.25) is 0 Å². The Labute approximate surface area is 116 Å². The van der Waals surface area contributed by atoms with Crippen LogP contribution in [0, 0.1) is 0 Å². The predicted octanol–water partition coefficient (Wildman–Crippen LogP) is 4.91. The second kappa shape index (κ2) is 7.92. The number of alkyl halides is 3. The van der Waals surface area contributed by atoms with Crippen molar-refractivity contribution in [2.45, 2.75) is 42.6 Å². The van der Waals surface area contributed by atoms with E-state index in [0.717, 1.165) is 12.8 Å². The van der Waals surface area contributed by atoms with Crippen LogP contribution >= 0.6 is 24.2 Å². The molecule has 2 N–H and O–H groups in total. The smallest absolute Gasteiger partial charge is 0.324 e. The summed E-state index contributed by atoms with van der Waals surface area (Å²) in [5, 5.41) is 0. The van der Waals surface area contributed by atoms with Gasteiger partial charge in [0.2, 0.25) is 0 Å². The Balaban J connectivity index is 0.00000289. The minimum Gasteiger partial charge on any atom is -0.324 e. The molecule has 1 aromatic rings. The molecule has 0 aromatic heterocycles. The van der Waals surface area contributed by atoms with Gasteiger partial charge in [0.25, 0.3) is 0 Å². The van der Waals surface area contributed by atoms with Gasteiger partial charge < -0.3 is 5.73 Å². The molecule has 0 saturated carbocycles. The molecule has 0 fully saturated rings. The van der Waals surface area contributed by atoms with Gasteiger partial charge in [0.05, 0.1) is 0 Å². The van der Waals surface area contributed by atoms with Crippen LogP contribution in [0.5, 0.6) is 0 Å². The summed E-state index contributed by atoms with van der Waals surface area (Å²) in [5.41, 5.74) is 2.24. The number of rotatable bonds is 5. The fourth-order valence-corrected chi connectivity index (χ4v) is 2.32. The van der Waals surface area contributed by atoms with Crippen LogP contribution in [0.2, 0.25) is 0 Å². The molecule has 0 unspecified atom stereocenters. The Morgan fingerprint density at radius 1 is 1.28 bits per heavy atom. The highest BCUT2D eigenvalue weighted by molar-refractivity contribution is 8.00. The van der Waals surface area contributed by atoms with Crippen molar-refractivity contribution in [1.82, 2.24) is 0 Å². The Bertz CT molecular complexity index is 357. The van der Waals surface area contributed by atoms with E-state index in [1.54, 1.807) is 18.2 Å². The van der Waals surface area contributed by atoms with E-state index in [2.05, 4.69) is 0 Å². The summed E-state index contributed by atoms with van der Waals surface area (Å²) in [6, 6.07) is 6.15. The quantitative estimate of drug-likeness (QED) is 0.782. The zero-order chi connectivity index (χ0) is 12.9. The highest BCUT2D eigenvalue weighted by atomic mass is 35.5. The van der Waals surface area contributed by atoms with Crippen LogP contribution in [0.3, 0.4) is 0 Å². The first-order valence-electron chi connectivity index (χ1n) is 5.54. The molecule has 6 heteroatoms. The topological polar surface area (TPSA) is 26.0 Å². The number of nitrogens with two attached hydrogens (primary N) is 1. The van der Waals surface area contributed by atoms with Crippen molar-refractivity contribution in [3.05, 3.63) is 29.8 Å². The van der Waals surface area contributed by atoms with Crippen LogP contribution in [0.4, 0.5) is 13.2 Å². The van der Waals surface area contributed by atoms with Gasteiger partial charge in [-0.2, -0.15) is 13.2 Å². The number of unbranched alkanes of at least 4 members (excludes halogenated alkanes) is 1. The maximum atomic E-state index is 12.4. The van der Waals surface area contributed by atoms with Crippen molar-refractivity contribution >= 4 is 24.2 Å². The summed E-state index contributed by atoms with van der Waals surface area (Å²) >= 11 is -0.0908. The van der Waals surface area contributed by atoms with Crippen molar-refractivity contribution in [3.63, 3.8) is 0 Å². The summed E-state index contributed by atoms with van der Waals surface area (Å²) in [6.07, 6.45) is 2.63. The van der Waals surface area contributed by atoms with Gasteiger partial charge in [-0.1, -0.05) is 38.0 Å². The molecule has 0 aliphatic rings. The average molecular weight is 300 g/mol. The molecule has 0 aliphatic carbocycles. The molecule has 0 radical (unpaired) electrons. The minimum absolute atomic E-state index is 0. The van der Waals surface area contributed by atoms with Crippen molar-refractivity contribution in [1.29, 1.82) is 0 Å². The van der Waals surface area contributed by atoms with Crippen molar-refractivity contribution in [3.8, 4) is 0 Å². The molecule has 0 heterocycles. The van der Waals surface area contributed by atoms with E-state index in [0.29, 0.717) is 12.0 Å². The van der Waals surface area contributed by atoms with Crippen LogP contribution in [0.25, 0.3) is 0 Å². The van der Waals surface area contributed by atoms with Crippen molar-refractivity contribution in [2.75, 3.05) is 0 Å². The molecule has 104 valence electrons. The van der Waals surface area contributed by atoms with Crippen LogP contribution in [0.1, 0.15) is 37.8 Å². The second-order valence-electron chi connectivity index (χ2n) is 3.83. The lowest BCUT2D eigenvalue weighted by Crippen LogP contribution is -2.12. The van der Waals surface area contributed by atoms with Gasteiger partial charge >= 0.3 is 5.51 Å². The Hall–Kier alpha value is -0.390. The zero-order valence-corrected chi connectivity index (χ0v) is 11.7. The van der Waals surface area contributed by atoms with E-state index in [1.165, 1.54) is 6.07 Å². The minimum atomic E-state index is -4.26. The van der Waals surface area contributed by atoms with Gasteiger partial charge in [-0.25, -0.2) is 0 Å². The van der Waals surface area contributed by atoms with Gasteiger partial charge in [0.15, 0.2) is 0 Å². The first-order valence-corrected chi connectivity index (χ1v) is 6.36. The standard InChI is InChI=1S/C12H16F3NS.ClH/c1-2-3-7-10(16)9-6-4-5-8-11(9)17-12(13,14)15;/h4-6,8,10H,2-3,7,16H2,1H3;1H/t10-;/m1./s1. The number of hydrogen-bond donors (Lipinski definition) is 1. The van der Waals surface area contributed by atoms with E-state index in [9.17, 15) is 13.2 Å². The lowest BCUT2D eigenvalue weighted by molar-refractivity contribution is -0.0328. The maximum absolute atomic E-state index is 12.4. The molecule has 0 saturated heterocycles. The Kier molecular flexibility index (Phi) is 7.75. The monoisotopic (exact) mass is 299 g/mol. The Morgan fingerprint density at radius 2 is 1.89 bits per heavy atom. The molecule has 1 aromatic carbocycles. The van der Waals surface area contributed by atoms with Crippen molar-refractivity contribution in [2.24, 2.45) is 5.73 Å². The molecule has 0 aliphatic heterocycles. The molecule has 1 rings (SSSR count). The van der Waals surface area contributed by atoms with Crippen LogP contribution < -0.4 is 5.73 Å². The third-order valence-electron chi connectivity index (χ3n) is 2.41. The normalized spacial score (nSPS) is 12.9. The lowest BCUT2D eigenvalue weighted by Gasteiger charge is -2.16. The first kappa shape index (κ1) is 17.6. The first-order chi connectivity index (χ1) is 7.94. The average Bonchev–Trinajstić information content (AvgIpc) is 2.24. The third kappa shape index (κ3) is 5.98. The number of benzene rings is 1. The third-order valence-corrected chi connectivity index (χ3v) is 3.24. The zero-order valence-electron chi connectivity index (χ0n) is 10.0. The summed E-state index contributed by atoms with van der Waals surface area (Å²) in [7, 11) is 0. The number of halogens is 4. The summed E-state index contributed by atoms with van der Waals surface area (Å²) < 4.78 is 37.1. The fourth-order valence-electron chi connectivity index (χ4n) is 1.58. The highest BCUT2D eigenvalue weighted by Gasteiger charge is 2.30. The summed E-state index contributed by atoms with van der Waals surface area (Å²) in [6.45, 7) is 2.03. The van der Waals surface area contributed by atoms with Crippen LogP contribution in [-0.2, 0) is 0 Å². The number of hydrogen-bond acceptors (Lipinski definition) is 2. The molecular formula is C12H17ClF3NS. The van der Waals surface area contributed by atoms with Gasteiger partial charge in [-0.15, -0.1) is 12.4 Å². The molecule has 1 nitrogen and oxygen atoms in total. The Morgan fingerprint density at radius 3 is 2.44 bits per heavy atom. The van der Waals surface area contributed by atoms with Crippen molar-refractivity contribution < 1.29 is 13.2 Å². The van der Waals surface area contributed by atoms with E-state index in [-0.39, 0.29) is 35.1 Å². The molecule has 18 heavy (non-hydrogen) atoms. The van der Waals surface area contributed by atoms with Crippen LogP contribution in [0.15, 0.2) is 29.2 Å².